The van der Waals surface area contributed by atoms with Gasteiger partial charge in [0.1, 0.15) is 0 Å². The maximum Gasteiger partial charge on any atom is 0.314 e. The van der Waals surface area contributed by atoms with Gasteiger partial charge in [0.25, 0.3) is 0 Å². The Morgan fingerprint density at radius 2 is 1.83 bits per heavy atom. The first-order valence-corrected chi connectivity index (χ1v) is 8.18. The fraction of sp³-hybridized carbons (Fsp3) is 0.450. The SMILES string of the molecule is CCOC(=O)C1(C)CC1(C)OCc1ccc2cc(C)ccc2c1. The molecule has 23 heavy (non-hydrogen) atoms. The first kappa shape index (κ1) is 16.0. The van der Waals surface area contributed by atoms with Crippen molar-refractivity contribution in [3.8, 4) is 0 Å². The number of fused-ring (bicyclic) bond motifs is 1. The number of aryl methyl sites for hydroxylation is 1. The van der Waals surface area contributed by atoms with Crippen molar-refractivity contribution in [3.63, 3.8) is 0 Å². The molecule has 0 N–H and O–H groups in total. The number of hydrogen-bond acceptors (Lipinski definition) is 3. The second-order valence-corrected chi connectivity index (χ2v) is 6.93. The van der Waals surface area contributed by atoms with Gasteiger partial charge in [0.15, 0.2) is 0 Å². The lowest BCUT2D eigenvalue weighted by atomic mass is 10.0. The third-order valence-corrected chi connectivity index (χ3v) is 5.08. The lowest BCUT2D eigenvalue weighted by Gasteiger charge is -2.18. The van der Waals surface area contributed by atoms with E-state index in [-0.39, 0.29) is 5.97 Å². The van der Waals surface area contributed by atoms with Gasteiger partial charge in [-0.1, -0.05) is 35.9 Å². The van der Waals surface area contributed by atoms with Gasteiger partial charge in [-0.05, 0) is 56.5 Å². The van der Waals surface area contributed by atoms with E-state index in [2.05, 4.69) is 43.3 Å². The molecule has 2 atom stereocenters. The lowest BCUT2D eigenvalue weighted by molar-refractivity contribution is -0.153. The molecule has 0 saturated heterocycles. The summed E-state index contributed by atoms with van der Waals surface area (Å²) >= 11 is 0. The molecule has 0 aliphatic heterocycles. The minimum Gasteiger partial charge on any atom is -0.465 e. The topological polar surface area (TPSA) is 35.5 Å². The Balaban J connectivity index is 1.69. The van der Waals surface area contributed by atoms with Crippen molar-refractivity contribution in [1.29, 1.82) is 0 Å². The van der Waals surface area contributed by atoms with Crippen LogP contribution in [-0.2, 0) is 20.9 Å². The molecule has 1 aliphatic rings. The molecule has 1 fully saturated rings. The highest BCUT2D eigenvalue weighted by molar-refractivity contribution is 5.84. The first-order valence-electron chi connectivity index (χ1n) is 8.18. The Bertz CT molecular complexity index is 752. The van der Waals surface area contributed by atoms with Crippen LogP contribution in [0, 0.1) is 12.3 Å². The van der Waals surface area contributed by atoms with E-state index in [4.69, 9.17) is 9.47 Å². The third kappa shape index (κ3) is 2.86. The zero-order valence-electron chi connectivity index (χ0n) is 14.3. The van der Waals surface area contributed by atoms with Gasteiger partial charge in [-0.3, -0.25) is 4.79 Å². The number of hydrogen-bond donors (Lipinski definition) is 0. The summed E-state index contributed by atoms with van der Waals surface area (Å²) in [5, 5.41) is 2.45. The normalized spacial score (nSPS) is 26.3. The zero-order chi connectivity index (χ0) is 16.7. The number of carbonyl (C=O) groups excluding carboxylic acids is 1. The van der Waals surface area contributed by atoms with Gasteiger partial charge in [0.05, 0.1) is 24.2 Å². The Kier molecular flexibility index (Phi) is 3.93. The van der Waals surface area contributed by atoms with Gasteiger partial charge in [-0.25, -0.2) is 0 Å². The summed E-state index contributed by atoms with van der Waals surface area (Å²) in [6, 6.07) is 12.8. The third-order valence-electron chi connectivity index (χ3n) is 5.08. The Morgan fingerprint density at radius 1 is 1.13 bits per heavy atom. The summed E-state index contributed by atoms with van der Waals surface area (Å²) in [5.74, 6) is -0.156. The van der Waals surface area contributed by atoms with E-state index in [9.17, 15) is 4.79 Å². The molecule has 0 aromatic heterocycles. The van der Waals surface area contributed by atoms with Crippen molar-refractivity contribution >= 4 is 16.7 Å². The summed E-state index contributed by atoms with van der Waals surface area (Å²) in [6.45, 7) is 8.77. The second kappa shape index (κ2) is 5.64. The number of esters is 1. The fourth-order valence-corrected chi connectivity index (χ4v) is 3.17. The number of carbonyl (C=O) groups is 1. The largest absolute Gasteiger partial charge is 0.465 e. The van der Waals surface area contributed by atoms with E-state index in [1.165, 1.54) is 16.3 Å². The molecule has 3 nitrogen and oxygen atoms in total. The molecule has 122 valence electrons. The zero-order valence-corrected chi connectivity index (χ0v) is 14.3. The molecule has 2 unspecified atom stereocenters. The van der Waals surface area contributed by atoms with Gasteiger partial charge in [-0.2, -0.15) is 0 Å². The summed E-state index contributed by atoms with van der Waals surface area (Å²) in [4.78, 5) is 12.1. The number of ether oxygens (including phenoxy) is 2. The van der Waals surface area contributed by atoms with Crippen LogP contribution in [0.1, 0.15) is 38.3 Å². The molecule has 0 amide bonds. The highest BCUT2D eigenvalue weighted by Gasteiger charge is 2.68. The van der Waals surface area contributed by atoms with E-state index < -0.39 is 11.0 Å². The smallest absolute Gasteiger partial charge is 0.314 e. The van der Waals surface area contributed by atoms with Gasteiger partial charge in [0, 0.05) is 0 Å². The molecule has 3 rings (SSSR count). The number of benzene rings is 2. The first-order chi connectivity index (χ1) is 10.9. The maximum absolute atomic E-state index is 12.1. The molecular formula is C20H24O3. The van der Waals surface area contributed by atoms with Crippen molar-refractivity contribution in [2.45, 2.75) is 46.3 Å². The predicted molar refractivity (Wildman–Crippen MR) is 91.2 cm³/mol. The molecule has 0 heterocycles. The van der Waals surface area contributed by atoms with Crippen LogP contribution in [0.4, 0.5) is 0 Å². The summed E-state index contributed by atoms with van der Waals surface area (Å²) in [7, 11) is 0. The Morgan fingerprint density at radius 3 is 2.57 bits per heavy atom. The molecule has 0 spiro atoms. The van der Waals surface area contributed by atoms with Crippen LogP contribution in [0.15, 0.2) is 36.4 Å². The van der Waals surface area contributed by atoms with E-state index in [0.717, 1.165) is 5.56 Å². The van der Waals surface area contributed by atoms with Gasteiger partial charge in [-0.15, -0.1) is 0 Å². The summed E-state index contributed by atoms with van der Waals surface area (Å²) in [5.41, 5.74) is 1.44. The lowest BCUT2D eigenvalue weighted by Crippen LogP contribution is -2.27. The Hall–Kier alpha value is -1.87. The molecule has 2 aromatic carbocycles. The van der Waals surface area contributed by atoms with Gasteiger partial charge in [0.2, 0.25) is 0 Å². The molecule has 3 heteroatoms. The Labute approximate surface area is 137 Å². The molecule has 2 aromatic rings. The van der Waals surface area contributed by atoms with Crippen LogP contribution in [0.3, 0.4) is 0 Å². The van der Waals surface area contributed by atoms with Crippen LogP contribution in [0.25, 0.3) is 10.8 Å². The van der Waals surface area contributed by atoms with Crippen molar-refractivity contribution in [2.24, 2.45) is 5.41 Å². The molecule has 0 bridgehead atoms. The monoisotopic (exact) mass is 312 g/mol. The van der Waals surface area contributed by atoms with Crippen LogP contribution in [-0.4, -0.2) is 18.2 Å². The highest BCUT2D eigenvalue weighted by atomic mass is 16.5. The number of rotatable bonds is 5. The molecule has 1 saturated carbocycles. The fourth-order valence-electron chi connectivity index (χ4n) is 3.17. The predicted octanol–water partition coefficient (Wildman–Crippen LogP) is 4.40. The summed E-state index contributed by atoms with van der Waals surface area (Å²) in [6.07, 6.45) is 0.714. The van der Waals surface area contributed by atoms with Crippen LogP contribution >= 0.6 is 0 Å². The van der Waals surface area contributed by atoms with Gasteiger partial charge < -0.3 is 9.47 Å². The van der Waals surface area contributed by atoms with Gasteiger partial charge >= 0.3 is 5.97 Å². The average molecular weight is 312 g/mol. The minimum atomic E-state index is -0.517. The van der Waals surface area contributed by atoms with Crippen LogP contribution in [0.2, 0.25) is 0 Å². The van der Waals surface area contributed by atoms with E-state index in [1.807, 2.05) is 20.8 Å². The van der Waals surface area contributed by atoms with Crippen LogP contribution < -0.4 is 0 Å². The molecule has 0 radical (unpaired) electrons. The van der Waals surface area contributed by atoms with Crippen molar-refractivity contribution < 1.29 is 14.3 Å². The van der Waals surface area contributed by atoms with Crippen molar-refractivity contribution in [1.82, 2.24) is 0 Å². The van der Waals surface area contributed by atoms with Crippen molar-refractivity contribution in [3.05, 3.63) is 47.5 Å². The standard InChI is InChI=1S/C20H24O3/c1-5-22-18(21)19(3)13-20(19,4)23-12-15-7-9-16-10-14(2)6-8-17(16)11-15/h6-11H,5,12-13H2,1-4H3. The highest BCUT2D eigenvalue weighted by Crippen LogP contribution is 2.59. The summed E-state index contributed by atoms with van der Waals surface area (Å²) < 4.78 is 11.2. The molecule has 1 aliphatic carbocycles. The van der Waals surface area contributed by atoms with E-state index in [1.54, 1.807) is 0 Å². The average Bonchev–Trinajstić information content (AvgIpc) is 3.09. The van der Waals surface area contributed by atoms with E-state index >= 15 is 0 Å². The second-order valence-electron chi connectivity index (χ2n) is 6.93. The maximum atomic E-state index is 12.1. The van der Waals surface area contributed by atoms with Crippen molar-refractivity contribution in [2.75, 3.05) is 6.61 Å². The quantitative estimate of drug-likeness (QED) is 0.768. The minimum absolute atomic E-state index is 0.156. The van der Waals surface area contributed by atoms with E-state index in [0.29, 0.717) is 19.6 Å². The molecular weight excluding hydrogens is 288 g/mol. The van der Waals surface area contributed by atoms with Crippen LogP contribution in [0.5, 0.6) is 0 Å².